The summed E-state index contributed by atoms with van der Waals surface area (Å²) in [4.78, 5) is 6.03. The van der Waals surface area contributed by atoms with E-state index in [9.17, 15) is 20.6 Å². The van der Waals surface area contributed by atoms with E-state index in [0.717, 1.165) is 0 Å². The molecule has 12 heterocycles. The number of thiophene rings is 3. The van der Waals surface area contributed by atoms with Crippen molar-refractivity contribution < 1.29 is 34.8 Å². The summed E-state index contributed by atoms with van der Waals surface area (Å²) in [5.41, 5.74) is 4.04. The Morgan fingerprint density at radius 1 is 0.393 bits per heavy atom. The first-order valence-electron chi connectivity index (χ1n) is 36.9. The van der Waals surface area contributed by atoms with Crippen LogP contribution in [0.15, 0.2) is 90.6 Å². The van der Waals surface area contributed by atoms with Crippen molar-refractivity contribution in [3.63, 3.8) is 0 Å². The van der Waals surface area contributed by atoms with Crippen LogP contribution in [0.25, 0.3) is 30.3 Å². The van der Waals surface area contributed by atoms with Gasteiger partial charge < -0.3 is 28.9 Å². The molecule has 10 aromatic rings. The molecule has 0 spiro atoms. The fourth-order valence-corrected chi connectivity index (χ4v) is 18.7. The Kier molecular flexibility index (Phi) is 6.61. The van der Waals surface area contributed by atoms with Crippen molar-refractivity contribution in [2.24, 2.45) is 0 Å². The molecule has 0 aliphatic carbocycles. The molecule has 9 aliphatic rings. The molecular formula is C72H66B3N3O3S3. The Bertz CT molecular complexity index is 5190. The Balaban J connectivity index is 1.14. The molecule has 0 radical (unpaired) electrons. The van der Waals surface area contributed by atoms with Gasteiger partial charge in [-0.25, -0.2) is 0 Å². The number of ether oxygens (including phenoxy) is 3. The molecule has 6 nitrogen and oxygen atoms in total. The molecule has 0 saturated carbocycles. The highest BCUT2D eigenvalue weighted by atomic mass is 32.1. The summed E-state index contributed by atoms with van der Waals surface area (Å²) in [5.74, 6) is 0.627. The van der Waals surface area contributed by atoms with Crippen LogP contribution in [0.5, 0.6) is 17.2 Å². The summed E-state index contributed by atoms with van der Waals surface area (Å²) in [5, 5.41) is 0.997. The molecule has 414 valence electrons. The van der Waals surface area contributed by atoms with Crippen LogP contribution in [-0.4, -0.2) is 40.0 Å². The quantitative estimate of drug-likeness (QED) is 0.141. The molecule has 0 bridgehead atoms. The number of hydrogen-bond acceptors (Lipinski definition) is 9. The van der Waals surface area contributed by atoms with Crippen LogP contribution in [-0.2, 0) is 32.5 Å². The maximum Gasteiger partial charge on any atom is 0.264 e. The number of nitrogens with zero attached hydrogens (tertiary/aromatic N) is 3. The van der Waals surface area contributed by atoms with E-state index in [1.165, 1.54) is 34.0 Å². The van der Waals surface area contributed by atoms with Crippen molar-refractivity contribution in [3.8, 4) is 17.2 Å². The fraction of sp³-hybridized carbons (Fsp3) is 0.333. The van der Waals surface area contributed by atoms with Crippen LogP contribution in [0.1, 0.15) is 158 Å². The molecule has 0 fully saturated rings. The van der Waals surface area contributed by atoms with Crippen molar-refractivity contribution in [1.29, 1.82) is 0 Å². The first-order valence-corrected chi connectivity index (χ1v) is 31.8. The number of rotatable bonds is 0. The van der Waals surface area contributed by atoms with Gasteiger partial charge in [0.25, 0.3) is 20.1 Å². The standard InChI is InChI=1S/C72H66B3N3O3S3/c1-67(2,3)34-16-19-52-37(22-34)58-64(82-52)73-44-26-41-50(80-32-71(41,12)13)29-47(44)77-60-39-24-36(69(7,8)9)18-21-54(39)84-66(60)75-45-27-42-51(81-33-72(42,14)15)30-48(45)78-59-38-23-35(68(4,5)6)17-20-53(38)83-65(59)74-43-25-40-49(79-31-70(40,10)11)28-46(43)76(58)61-55(73)62(77)57(75)63(78)56(61)74/h16-30H,31-33H2,1-15H3/i16D,17D,18D,19D,20D,21D,22D,23D,24D,25D,26D,27D,28D,29D,30D. The largest absolute Gasteiger partial charge is 0.492 e. The van der Waals surface area contributed by atoms with Crippen LogP contribution in [0.3, 0.4) is 0 Å². The number of benzene rings is 7. The summed E-state index contributed by atoms with van der Waals surface area (Å²) in [6.07, 6.45) is 0. The van der Waals surface area contributed by atoms with Crippen molar-refractivity contribution in [3.05, 3.63) is 124 Å². The van der Waals surface area contributed by atoms with Crippen LogP contribution in [0.2, 0.25) is 0 Å². The van der Waals surface area contributed by atoms with E-state index < -0.39 is 52.6 Å². The summed E-state index contributed by atoms with van der Waals surface area (Å²) >= 11 is 3.75. The maximum atomic E-state index is 11.1. The van der Waals surface area contributed by atoms with E-state index in [0.29, 0.717) is 145 Å². The van der Waals surface area contributed by atoms with Gasteiger partial charge in [-0.15, -0.1) is 34.0 Å². The van der Waals surface area contributed by atoms with E-state index >= 15 is 0 Å². The van der Waals surface area contributed by atoms with Crippen molar-refractivity contribution in [1.82, 2.24) is 0 Å². The first-order chi connectivity index (χ1) is 46.1. The van der Waals surface area contributed by atoms with Gasteiger partial charge in [-0.05, 0) is 102 Å². The fourth-order valence-electron chi connectivity index (χ4n) is 15.0. The maximum absolute atomic E-state index is 11.1. The minimum absolute atomic E-state index is 0.000417. The van der Waals surface area contributed by atoms with E-state index in [1.54, 1.807) is 0 Å². The summed E-state index contributed by atoms with van der Waals surface area (Å²) < 4.78 is 182. The van der Waals surface area contributed by atoms with Gasteiger partial charge in [0, 0.05) is 130 Å². The van der Waals surface area contributed by atoms with Gasteiger partial charge in [0.1, 0.15) is 17.2 Å². The normalized spacial score (nSPS) is 21.0. The molecule has 0 amide bonds. The topological polar surface area (TPSA) is 37.4 Å². The lowest BCUT2D eigenvalue weighted by Gasteiger charge is -2.54. The third kappa shape index (κ3) is 5.88. The van der Waals surface area contributed by atoms with E-state index in [1.807, 2.05) is 119 Å². The zero-order valence-electron chi connectivity index (χ0n) is 64.6. The molecular weight excluding hydrogens is 1080 g/mol. The minimum atomic E-state index is -1.04. The molecule has 3 aromatic heterocycles. The van der Waals surface area contributed by atoms with Crippen LogP contribution < -0.4 is 76.0 Å². The second-order valence-corrected chi connectivity index (χ2v) is 33.0. The molecule has 0 saturated heterocycles. The molecule has 7 aromatic carbocycles. The van der Waals surface area contributed by atoms with E-state index in [4.69, 9.17) is 14.2 Å². The Labute approximate surface area is 527 Å². The second-order valence-electron chi connectivity index (χ2n) is 29.8. The molecule has 12 heteroatoms. The Morgan fingerprint density at radius 2 is 0.667 bits per heavy atom. The number of hydrogen-bond donors (Lipinski definition) is 0. The predicted molar refractivity (Wildman–Crippen MR) is 362 cm³/mol. The monoisotopic (exact) mass is 1160 g/mol. The SMILES string of the molecule is [2H]c1c2c(c([2H])c3c1N1c4c5c6c7c8c4B(c4sc9c([2H])c([2H])c(C(C)(C)C)c([2H])c9c41)c1c([2H])c4c(c([2H])c1N8c1c(sc8c([2H])c([2H])c(C(C)(C)C)c([2H])c18)B7c1c([2H])c7c(c([2H])c1N6c1c(sc6c([2H])c([2H])c(C(C)(C)C)c([2H])c16)B35)OCC7(C)C)OCC4(C)C)C(C)(C)CO2. The zero-order chi connectivity index (χ0) is 70.5. The molecule has 9 aliphatic heterocycles. The zero-order valence-corrected chi connectivity index (χ0v) is 52.1. The number of anilines is 9. The lowest BCUT2D eigenvalue weighted by atomic mass is 9.27. The average Bonchev–Trinajstić information content (AvgIpc) is 1.52. The minimum Gasteiger partial charge on any atom is -0.492 e. The number of fused-ring (bicyclic) bond motifs is 27. The van der Waals surface area contributed by atoms with Crippen LogP contribution in [0, 0.1) is 0 Å². The Hall–Kier alpha value is -6.59. The summed E-state index contributed by atoms with van der Waals surface area (Å²) in [7, 11) is 0. The van der Waals surface area contributed by atoms with Crippen molar-refractivity contribution in [2.75, 3.05) is 34.5 Å². The van der Waals surface area contributed by atoms with Gasteiger partial charge in [-0.2, -0.15) is 0 Å². The van der Waals surface area contributed by atoms with Crippen LogP contribution >= 0.6 is 34.0 Å². The molecule has 0 atom stereocenters. The highest BCUT2D eigenvalue weighted by molar-refractivity contribution is 7.37. The summed E-state index contributed by atoms with van der Waals surface area (Å²) in [6, 6.07) is -0.541. The first kappa shape index (κ1) is 37.1. The molecule has 84 heavy (non-hydrogen) atoms. The third-order valence-electron chi connectivity index (χ3n) is 19.4. The van der Waals surface area contributed by atoms with Gasteiger partial charge in [0.2, 0.25) is 0 Å². The predicted octanol–water partition coefficient (Wildman–Crippen LogP) is 13.1. The Morgan fingerprint density at radius 3 is 0.929 bits per heavy atom. The van der Waals surface area contributed by atoms with Gasteiger partial charge in [-0.1, -0.05) is 140 Å². The lowest BCUT2D eigenvalue weighted by molar-refractivity contribution is 0.291. The van der Waals surface area contributed by atoms with Gasteiger partial charge in [0.05, 0.1) is 57.4 Å². The van der Waals surface area contributed by atoms with Gasteiger partial charge in [-0.3, -0.25) is 0 Å². The lowest BCUT2D eigenvalue weighted by Crippen LogP contribution is -2.74. The van der Waals surface area contributed by atoms with E-state index in [2.05, 4.69) is 0 Å². The molecule has 0 N–H and O–H groups in total. The third-order valence-corrected chi connectivity index (χ3v) is 22.9. The smallest absolute Gasteiger partial charge is 0.264 e. The highest BCUT2D eigenvalue weighted by Gasteiger charge is 2.61. The average molecular weight is 1170 g/mol. The molecule has 0 unspecified atom stereocenters. The van der Waals surface area contributed by atoms with Gasteiger partial charge >= 0.3 is 0 Å². The van der Waals surface area contributed by atoms with Crippen LogP contribution in [0.4, 0.5) is 51.2 Å². The van der Waals surface area contributed by atoms with Gasteiger partial charge in [0.15, 0.2) is 0 Å². The second kappa shape index (κ2) is 15.0. The van der Waals surface area contributed by atoms with Crippen molar-refractivity contribution >= 4 is 183 Å². The highest BCUT2D eigenvalue weighted by Crippen LogP contribution is 2.59. The van der Waals surface area contributed by atoms with Crippen molar-refractivity contribution in [2.45, 2.75) is 136 Å². The summed E-state index contributed by atoms with van der Waals surface area (Å²) in [6.45, 7) is 26.6. The van der Waals surface area contributed by atoms with E-state index in [-0.39, 0.29) is 145 Å². The molecule has 19 rings (SSSR count).